The number of benzene rings is 1. The van der Waals surface area contributed by atoms with Gasteiger partial charge < -0.3 is 19.3 Å². The van der Waals surface area contributed by atoms with Gasteiger partial charge in [-0.15, -0.1) is 0 Å². The molecule has 1 N–H and O–H groups in total. The summed E-state index contributed by atoms with van der Waals surface area (Å²) in [6.45, 7) is 5.25. The number of fused-ring (bicyclic) bond motifs is 1. The van der Waals surface area contributed by atoms with E-state index >= 15 is 0 Å². The number of aliphatic hydroxyl groups is 1. The van der Waals surface area contributed by atoms with Gasteiger partial charge in [-0.3, -0.25) is 0 Å². The fraction of sp³-hybridized carbons (Fsp3) is 0.600. The van der Waals surface area contributed by atoms with Crippen LogP contribution in [0, 0.1) is 0 Å². The normalized spacial score (nSPS) is 20.5. The average Bonchev–Trinajstić information content (AvgIpc) is 2.32. The van der Waals surface area contributed by atoms with Gasteiger partial charge in [0, 0.05) is 38.2 Å². The molecule has 4 nitrogen and oxygen atoms in total. The van der Waals surface area contributed by atoms with E-state index in [1.54, 1.807) is 7.11 Å². The Labute approximate surface area is 114 Å². The molecule has 1 aliphatic rings. The van der Waals surface area contributed by atoms with Gasteiger partial charge in [0.1, 0.15) is 17.1 Å². The largest absolute Gasteiger partial charge is 0.493 e. The predicted octanol–water partition coefficient (Wildman–Crippen LogP) is 2.70. The third-order valence-electron chi connectivity index (χ3n) is 3.18. The van der Waals surface area contributed by atoms with Gasteiger partial charge in [-0.2, -0.15) is 0 Å². The molecule has 0 amide bonds. The Morgan fingerprint density at radius 1 is 1.37 bits per heavy atom. The third kappa shape index (κ3) is 3.61. The first-order valence-electron chi connectivity index (χ1n) is 6.64. The van der Waals surface area contributed by atoms with E-state index in [2.05, 4.69) is 0 Å². The molecule has 4 heteroatoms. The summed E-state index contributed by atoms with van der Waals surface area (Å²) in [4.78, 5) is 0. The maximum Gasteiger partial charge on any atom is 0.129 e. The molecule has 1 aromatic carbocycles. The van der Waals surface area contributed by atoms with Crippen molar-refractivity contribution in [2.75, 3.05) is 20.3 Å². The monoisotopic (exact) mass is 266 g/mol. The molecule has 1 aromatic rings. The summed E-state index contributed by atoms with van der Waals surface area (Å²) in [7, 11) is 1.68. The highest BCUT2D eigenvalue weighted by atomic mass is 16.5. The van der Waals surface area contributed by atoms with Crippen LogP contribution in [-0.4, -0.2) is 31.0 Å². The molecule has 106 valence electrons. The minimum atomic E-state index is -0.471. The van der Waals surface area contributed by atoms with E-state index in [0.717, 1.165) is 17.7 Å². The van der Waals surface area contributed by atoms with Crippen molar-refractivity contribution in [3.63, 3.8) is 0 Å². The summed E-state index contributed by atoms with van der Waals surface area (Å²) < 4.78 is 16.5. The van der Waals surface area contributed by atoms with Gasteiger partial charge >= 0.3 is 0 Å². The van der Waals surface area contributed by atoms with Crippen LogP contribution in [-0.2, 0) is 4.74 Å². The second-order valence-corrected chi connectivity index (χ2v) is 5.48. The molecule has 1 atom stereocenters. The molecule has 0 saturated carbocycles. The highest BCUT2D eigenvalue weighted by Gasteiger charge is 2.32. The van der Waals surface area contributed by atoms with Crippen LogP contribution in [0.2, 0.25) is 0 Å². The van der Waals surface area contributed by atoms with Crippen molar-refractivity contribution in [2.24, 2.45) is 0 Å². The van der Waals surface area contributed by atoms with E-state index in [1.807, 2.05) is 32.0 Å². The molecule has 1 unspecified atom stereocenters. The van der Waals surface area contributed by atoms with Crippen LogP contribution in [0.5, 0.6) is 11.5 Å². The third-order valence-corrected chi connectivity index (χ3v) is 3.18. The average molecular weight is 266 g/mol. The molecule has 0 fully saturated rings. The minimum absolute atomic E-state index is 0.346. The Hall–Kier alpha value is -1.26. The van der Waals surface area contributed by atoms with E-state index in [0.29, 0.717) is 25.4 Å². The molecule has 0 saturated heterocycles. The first-order valence-corrected chi connectivity index (χ1v) is 6.64. The Morgan fingerprint density at radius 2 is 2.16 bits per heavy atom. The van der Waals surface area contributed by atoms with Gasteiger partial charge in [0.2, 0.25) is 0 Å². The number of methoxy groups -OCH3 is 1. The van der Waals surface area contributed by atoms with E-state index in [9.17, 15) is 5.11 Å². The Bertz CT molecular complexity index is 428. The highest BCUT2D eigenvalue weighted by Crippen LogP contribution is 2.40. The molecule has 0 bridgehead atoms. The van der Waals surface area contributed by atoms with Gasteiger partial charge in [-0.25, -0.2) is 0 Å². The molecule has 0 aromatic heterocycles. The summed E-state index contributed by atoms with van der Waals surface area (Å²) in [5, 5.41) is 10.1. The number of rotatable bonds is 5. The molecular weight excluding hydrogens is 244 g/mol. The van der Waals surface area contributed by atoms with Crippen LogP contribution in [0.15, 0.2) is 18.2 Å². The maximum atomic E-state index is 10.1. The number of hydrogen-bond acceptors (Lipinski definition) is 4. The van der Waals surface area contributed by atoms with Crippen molar-refractivity contribution in [3.8, 4) is 11.5 Å². The van der Waals surface area contributed by atoms with Gasteiger partial charge in [0.15, 0.2) is 0 Å². The quantitative estimate of drug-likeness (QED) is 0.832. The zero-order chi connectivity index (χ0) is 13.9. The molecule has 1 aliphatic heterocycles. The van der Waals surface area contributed by atoms with Gasteiger partial charge in [-0.05, 0) is 26.0 Å². The van der Waals surface area contributed by atoms with E-state index in [4.69, 9.17) is 14.2 Å². The predicted molar refractivity (Wildman–Crippen MR) is 72.7 cm³/mol. The Kier molecular flexibility index (Phi) is 4.32. The van der Waals surface area contributed by atoms with Crippen LogP contribution < -0.4 is 9.47 Å². The number of aliphatic hydroxyl groups excluding tert-OH is 1. The van der Waals surface area contributed by atoms with Crippen molar-refractivity contribution in [1.29, 1.82) is 0 Å². The van der Waals surface area contributed by atoms with Crippen molar-refractivity contribution < 1.29 is 19.3 Å². The molecule has 0 spiro atoms. The van der Waals surface area contributed by atoms with Gasteiger partial charge in [0.25, 0.3) is 0 Å². The highest BCUT2D eigenvalue weighted by molar-refractivity contribution is 5.43. The maximum absolute atomic E-state index is 10.1. The number of ether oxygens (including phenoxy) is 3. The van der Waals surface area contributed by atoms with Crippen LogP contribution in [0.3, 0.4) is 0 Å². The Balaban J connectivity index is 2.06. The van der Waals surface area contributed by atoms with Crippen LogP contribution in [0.1, 0.15) is 38.4 Å². The molecule has 2 rings (SSSR count). The smallest absolute Gasteiger partial charge is 0.129 e. The van der Waals surface area contributed by atoms with Gasteiger partial charge in [-0.1, -0.05) is 0 Å². The van der Waals surface area contributed by atoms with Crippen LogP contribution in [0.4, 0.5) is 0 Å². The van der Waals surface area contributed by atoms with Crippen molar-refractivity contribution >= 4 is 0 Å². The van der Waals surface area contributed by atoms with Crippen molar-refractivity contribution in [1.82, 2.24) is 0 Å². The number of hydrogen-bond donors (Lipinski definition) is 1. The molecule has 1 heterocycles. The topological polar surface area (TPSA) is 47.9 Å². The van der Waals surface area contributed by atoms with Crippen molar-refractivity contribution in [3.05, 3.63) is 23.8 Å². The lowest BCUT2D eigenvalue weighted by molar-refractivity contribution is 0.0113. The lowest BCUT2D eigenvalue weighted by atomic mass is 9.92. The van der Waals surface area contributed by atoms with Gasteiger partial charge in [0.05, 0.1) is 12.7 Å². The zero-order valence-electron chi connectivity index (χ0n) is 11.8. The SMILES string of the molecule is COCCCOc1ccc2c(c1)OC(C)(C)CC2O. The minimum Gasteiger partial charge on any atom is -0.493 e. The summed E-state index contributed by atoms with van der Waals surface area (Å²) in [6, 6.07) is 5.60. The van der Waals surface area contributed by atoms with Crippen molar-refractivity contribution in [2.45, 2.75) is 38.4 Å². The lowest BCUT2D eigenvalue weighted by Gasteiger charge is -2.35. The first kappa shape index (κ1) is 14.2. The molecule has 0 radical (unpaired) electrons. The lowest BCUT2D eigenvalue weighted by Crippen LogP contribution is -2.34. The summed E-state index contributed by atoms with van der Waals surface area (Å²) in [6.07, 6.45) is 0.984. The summed E-state index contributed by atoms with van der Waals surface area (Å²) in [5.74, 6) is 1.48. The molecule has 19 heavy (non-hydrogen) atoms. The molecular formula is C15H22O4. The Morgan fingerprint density at radius 3 is 2.89 bits per heavy atom. The summed E-state index contributed by atoms with van der Waals surface area (Å²) in [5.41, 5.74) is 0.490. The van der Waals surface area contributed by atoms with Crippen LogP contribution >= 0.6 is 0 Å². The fourth-order valence-electron chi connectivity index (χ4n) is 2.28. The van der Waals surface area contributed by atoms with Crippen LogP contribution in [0.25, 0.3) is 0 Å². The first-order chi connectivity index (χ1) is 9.02. The fourth-order valence-corrected chi connectivity index (χ4v) is 2.28. The van der Waals surface area contributed by atoms with E-state index < -0.39 is 6.10 Å². The standard InChI is InChI=1S/C15H22O4/c1-15(2)10-13(16)12-6-5-11(9-14(12)19-15)18-8-4-7-17-3/h5-6,9,13,16H,4,7-8,10H2,1-3H3. The molecule has 0 aliphatic carbocycles. The summed E-state index contributed by atoms with van der Waals surface area (Å²) >= 11 is 0. The van der Waals surface area contributed by atoms with E-state index in [1.165, 1.54) is 0 Å². The second kappa shape index (κ2) is 5.80. The zero-order valence-corrected chi connectivity index (χ0v) is 11.8. The van der Waals surface area contributed by atoms with E-state index in [-0.39, 0.29) is 5.60 Å². The second-order valence-electron chi connectivity index (χ2n) is 5.48.